The number of thiazole rings is 1. The molecule has 0 radical (unpaired) electrons. The maximum absolute atomic E-state index is 12.4. The third-order valence-corrected chi connectivity index (χ3v) is 3.44. The number of rotatable bonds is 2. The summed E-state index contributed by atoms with van der Waals surface area (Å²) in [6.45, 7) is 1.79. The van der Waals surface area contributed by atoms with Crippen LogP contribution in [0, 0.1) is 6.92 Å². The van der Waals surface area contributed by atoms with Gasteiger partial charge in [-0.25, -0.2) is 4.98 Å². The fourth-order valence-corrected chi connectivity index (χ4v) is 2.30. The molecule has 18 heavy (non-hydrogen) atoms. The van der Waals surface area contributed by atoms with E-state index in [2.05, 4.69) is 4.98 Å². The average Bonchev–Trinajstić information content (AvgIpc) is 2.74. The molecule has 1 atom stereocenters. The molecule has 1 unspecified atom stereocenters. The zero-order chi connectivity index (χ0) is 13.3. The molecule has 0 fully saturated rings. The number of aliphatic hydroxyl groups excluding tert-OH is 1. The normalized spacial score (nSPS) is 13.6. The zero-order valence-corrected chi connectivity index (χ0v) is 10.2. The van der Waals surface area contributed by atoms with Crippen molar-refractivity contribution in [1.29, 1.82) is 0 Å². The molecule has 0 saturated carbocycles. The van der Waals surface area contributed by atoms with Gasteiger partial charge in [0.15, 0.2) is 0 Å². The summed E-state index contributed by atoms with van der Waals surface area (Å²) in [6.07, 6.45) is -5.34. The van der Waals surface area contributed by atoms with Gasteiger partial charge in [0.25, 0.3) is 0 Å². The first-order valence-corrected chi connectivity index (χ1v) is 6.03. The molecule has 0 saturated heterocycles. The summed E-state index contributed by atoms with van der Waals surface area (Å²) in [5.41, 5.74) is 0.451. The fourth-order valence-electron chi connectivity index (χ4n) is 1.49. The van der Waals surface area contributed by atoms with E-state index >= 15 is 0 Å². The van der Waals surface area contributed by atoms with Crippen LogP contribution in [-0.2, 0) is 6.18 Å². The number of aryl methyl sites for hydroxylation is 1. The largest absolute Gasteiger partial charge is 0.416 e. The molecule has 96 valence electrons. The van der Waals surface area contributed by atoms with Gasteiger partial charge in [-0.1, -0.05) is 12.1 Å². The summed E-state index contributed by atoms with van der Waals surface area (Å²) < 4.78 is 37.1. The van der Waals surface area contributed by atoms with Crippen molar-refractivity contribution < 1.29 is 18.3 Å². The number of aromatic nitrogens is 1. The minimum atomic E-state index is -4.36. The Hall–Kier alpha value is -1.40. The quantitative estimate of drug-likeness (QED) is 0.907. The molecule has 1 aromatic heterocycles. The van der Waals surface area contributed by atoms with Crippen LogP contribution in [0.4, 0.5) is 13.2 Å². The summed E-state index contributed by atoms with van der Waals surface area (Å²) in [5.74, 6) is 0. The standard InChI is InChI=1S/C12H10F3NOS/c1-7-6-18-11(16-7)10(17)8-2-4-9(5-3-8)12(13,14)15/h2-6,10,17H,1H3. The molecule has 2 aromatic rings. The van der Waals surface area contributed by atoms with Crippen molar-refractivity contribution in [2.45, 2.75) is 19.2 Å². The van der Waals surface area contributed by atoms with Crippen molar-refractivity contribution in [2.75, 3.05) is 0 Å². The van der Waals surface area contributed by atoms with Crippen molar-refractivity contribution in [3.8, 4) is 0 Å². The van der Waals surface area contributed by atoms with Gasteiger partial charge in [-0.3, -0.25) is 0 Å². The lowest BCUT2D eigenvalue weighted by Crippen LogP contribution is -2.06. The lowest BCUT2D eigenvalue weighted by Gasteiger charge is -2.10. The summed E-state index contributed by atoms with van der Waals surface area (Å²) in [4.78, 5) is 4.10. The van der Waals surface area contributed by atoms with E-state index in [-0.39, 0.29) is 0 Å². The first-order chi connectivity index (χ1) is 8.38. The van der Waals surface area contributed by atoms with Gasteiger partial charge in [-0.2, -0.15) is 13.2 Å². The van der Waals surface area contributed by atoms with Gasteiger partial charge >= 0.3 is 6.18 Å². The Morgan fingerprint density at radius 3 is 2.28 bits per heavy atom. The number of nitrogens with zero attached hydrogens (tertiary/aromatic N) is 1. The molecule has 1 heterocycles. The number of hydrogen-bond acceptors (Lipinski definition) is 3. The Morgan fingerprint density at radius 2 is 1.83 bits per heavy atom. The summed E-state index contributed by atoms with van der Waals surface area (Å²) in [5, 5.41) is 12.2. The van der Waals surface area contributed by atoms with Gasteiger partial charge in [0.05, 0.1) is 5.56 Å². The molecule has 2 rings (SSSR count). The Labute approximate surface area is 106 Å². The first kappa shape index (κ1) is 13.0. The molecule has 0 aliphatic heterocycles. The number of alkyl halides is 3. The Bertz CT molecular complexity index is 533. The summed E-state index contributed by atoms with van der Waals surface area (Å²) in [7, 11) is 0. The van der Waals surface area contributed by atoms with Crippen molar-refractivity contribution in [3.05, 3.63) is 51.5 Å². The molecule has 2 nitrogen and oxygen atoms in total. The highest BCUT2D eigenvalue weighted by Crippen LogP contribution is 2.31. The molecule has 0 bridgehead atoms. The maximum atomic E-state index is 12.4. The van der Waals surface area contributed by atoms with Crippen LogP contribution in [0.5, 0.6) is 0 Å². The van der Waals surface area contributed by atoms with E-state index in [9.17, 15) is 18.3 Å². The third kappa shape index (κ3) is 2.70. The predicted octanol–water partition coefficient (Wildman–Crippen LogP) is 3.55. The van der Waals surface area contributed by atoms with Gasteiger partial charge in [0.2, 0.25) is 0 Å². The van der Waals surface area contributed by atoms with E-state index in [0.29, 0.717) is 10.6 Å². The van der Waals surface area contributed by atoms with Gasteiger partial charge in [-0.05, 0) is 24.6 Å². The smallest absolute Gasteiger partial charge is 0.381 e. The predicted molar refractivity (Wildman–Crippen MR) is 62.4 cm³/mol. The Balaban J connectivity index is 2.24. The van der Waals surface area contributed by atoms with Crippen molar-refractivity contribution >= 4 is 11.3 Å². The molecule has 0 amide bonds. The molecule has 1 aromatic carbocycles. The molecule has 0 spiro atoms. The lowest BCUT2D eigenvalue weighted by atomic mass is 10.1. The molecule has 6 heteroatoms. The zero-order valence-electron chi connectivity index (χ0n) is 9.40. The second-order valence-electron chi connectivity index (χ2n) is 3.85. The fraction of sp³-hybridized carbons (Fsp3) is 0.250. The van der Waals surface area contributed by atoms with Crippen molar-refractivity contribution in [3.63, 3.8) is 0 Å². The number of halogens is 3. The Kier molecular flexibility index (Phi) is 3.41. The highest BCUT2D eigenvalue weighted by atomic mass is 32.1. The van der Waals surface area contributed by atoms with Crippen molar-refractivity contribution in [2.24, 2.45) is 0 Å². The van der Waals surface area contributed by atoms with E-state index in [4.69, 9.17) is 0 Å². The topological polar surface area (TPSA) is 33.1 Å². The van der Waals surface area contributed by atoms with Gasteiger partial charge in [0, 0.05) is 11.1 Å². The number of hydrogen-bond donors (Lipinski definition) is 1. The monoisotopic (exact) mass is 273 g/mol. The van der Waals surface area contributed by atoms with E-state index in [1.54, 1.807) is 12.3 Å². The maximum Gasteiger partial charge on any atom is 0.416 e. The van der Waals surface area contributed by atoms with Crippen LogP contribution in [0.15, 0.2) is 29.6 Å². The Morgan fingerprint density at radius 1 is 1.22 bits per heavy atom. The van der Waals surface area contributed by atoms with Crippen molar-refractivity contribution in [1.82, 2.24) is 4.98 Å². The van der Waals surface area contributed by atoms with Crippen LogP contribution >= 0.6 is 11.3 Å². The lowest BCUT2D eigenvalue weighted by molar-refractivity contribution is -0.137. The SMILES string of the molecule is Cc1csc(C(O)c2ccc(C(F)(F)F)cc2)n1. The number of aliphatic hydroxyl groups is 1. The molecule has 0 aliphatic carbocycles. The summed E-state index contributed by atoms with van der Waals surface area (Å²) in [6, 6.07) is 4.45. The average molecular weight is 273 g/mol. The van der Waals surface area contributed by atoms with Crippen LogP contribution in [0.1, 0.15) is 27.9 Å². The molecular weight excluding hydrogens is 263 g/mol. The third-order valence-electron chi connectivity index (χ3n) is 2.42. The molecule has 0 aliphatic rings. The minimum Gasteiger partial charge on any atom is -0.381 e. The highest BCUT2D eigenvalue weighted by molar-refractivity contribution is 7.09. The second kappa shape index (κ2) is 4.70. The van der Waals surface area contributed by atoms with Gasteiger partial charge < -0.3 is 5.11 Å². The van der Waals surface area contributed by atoms with Gasteiger partial charge in [0.1, 0.15) is 11.1 Å². The van der Waals surface area contributed by atoms with E-state index in [1.807, 2.05) is 0 Å². The summed E-state index contributed by atoms with van der Waals surface area (Å²) >= 11 is 1.28. The van der Waals surface area contributed by atoms with Crippen LogP contribution < -0.4 is 0 Å². The molecular formula is C12H10F3NOS. The minimum absolute atomic E-state index is 0.400. The van der Waals surface area contributed by atoms with E-state index < -0.39 is 17.8 Å². The number of benzene rings is 1. The van der Waals surface area contributed by atoms with Crippen LogP contribution in [0.2, 0.25) is 0 Å². The van der Waals surface area contributed by atoms with Crippen LogP contribution in [0.25, 0.3) is 0 Å². The van der Waals surface area contributed by atoms with Crippen LogP contribution in [0.3, 0.4) is 0 Å². The highest BCUT2D eigenvalue weighted by Gasteiger charge is 2.30. The second-order valence-corrected chi connectivity index (χ2v) is 4.74. The first-order valence-electron chi connectivity index (χ1n) is 5.15. The molecule has 1 N–H and O–H groups in total. The van der Waals surface area contributed by atoms with E-state index in [1.165, 1.54) is 23.5 Å². The van der Waals surface area contributed by atoms with Gasteiger partial charge in [-0.15, -0.1) is 11.3 Å². The van der Waals surface area contributed by atoms with Crippen LogP contribution in [-0.4, -0.2) is 10.1 Å². The van der Waals surface area contributed by atoms with E-state index in [0.717, 1.165) is 17.8 Å².